The van der Waals surface area contributed by atoms with Gasteiger partial charge in [-0.05, 0) is 26.0 Å². The number of aromatic carboxylic acids is 1. The quantitative estimate of drug-likeness (QED) is 0.792. The molecule has 1 aromatic heterocycles. The molecule has 2 aromatic rings. The minimum absolute atomic E-state index is 0.153. The van der Waals surface area contributed by atoms with Crippen molar-refractivity contribution in [2.75, 3.05) is 18.5 Å². The van der Waals surface area contributed by atoms with Crippen LogP contribution in [0.3, 0.4) is 0 Å². The van der Waals surface area contributed by atoms with Gasteiger partial charge in [-0.25, -0.2) is 9.78 Å². The minimum atomic E-state index is -0.990. The zero-order valence-corrected chi connectivity index (χ0v) is 11.6. The summed E-state index contributed by atoms with van der Waals surface area (Å²) >= 11 is 0. The number of pyridine rings is 1. The minimum Gasteiger partial charge on any atom is -0.478 e. The molecule has 0 saturated carbocycles. The van der Waals surface area contributed by atoms with Crippen molar-refractivity contribution >= 4 is 22.7 Å². The molecule has 0 radical (unpaired) electrons. The van der Waals surface area contributed by atoms with Gasteiger partial charge in [0.1, 0.15) is 11.4 Å². The van der Waals surface area contributed by atoms with Gasteiger partial charge in [0.15, 0.2) is 0 Å². The van der Waals surface area contributed by atoms with Gasteiger partial charge in [0.25, 0.3) is 0 Å². The standard InChI is InChI=1S/C15H18N2O3/c1-10(2)20-8-7-16-14-12(15(18)19)9-11-5-3-4-6-13(11)17-14/h3-6,9-10H,7-8H2,1-2H3,(H,16,17)(H,18,19). The predicted octanol–water partition coefficient (Wildman–Crippen LogP) is 2.77. The van der Waals surface area contributed by atoms with E-state index in [1.165, 1.54) is 0 Å². The lowest BCUT2D eigenvalue weighted by Gasteiger charge is -2.11. The highest BCUT2D eigenvalue weighted by Crippen LogP contribution is 2.20. The van der Waals surface area contributed by atoms with Crippen LogP contribution in [0.25, 0.3) is 10.9 Å². The van der Waals surface area contributed by atoms with Crippen LogP contribution >= 0.6 is 0 Å². The topological polar surface area (TPSA) is 71.5 Å². The first-order valence-corrected chi connectivity index (χ1v) is 6.56. The van der Waals surface area contributed by atoms with Gasteiger partial charge in [0, 0.05) is 11.9 Å². The number of rotatable bonds is 6. The molecule has 0 aliphatic heterocycles. The lowest BCUT2D eigenvalue weighted by atomic mass is 10.1. The SMILES string of the molecule is CC(C)OCCNc1nc2ccccc2cc1C(=O)O. The molecule has 2 N–H and O–H groups in total. The summed E-state index contributed by atoms with van der Waals surface area (Å²) in [4.78, 5) is 15.7. The van der Waals surface area contributed by atoms with E-state index in [9.17, 15) is 9.90 Å². The fraction of sp³-hybridized carbons (Fsp3) is 0.333. The van der Waals surface area contributed by atoms with Crippen LogP contribution in [-0.2, 0) is 4.74 Å². The average Bonchev–Trinajstić information content (AvgIpc) is 2.42. The van der Waals surface area contributed by atoms with Crippen molar-refractivity contribution in [3.8, 4) is 0 Å². The maximum absolute atomic E-state index is 11.3. The van der Waals surface area contributed by atoms with Gasteiger partial charge in [-0.15, -0.1) is 0 Å². The molecule has 0 aliphatic carbocycles. The van der Waals surface area contributed by atoms with Crippen LogP contribution < -0.4 is 5.32 Å². The second kappa shape index (κ2) is 6.34. The van der Waals surface area contributed by atoms with Crippen LogP contribution in [0.1, 0.15) is 24.2 Å². The largest absolute Gasteiger partial charge is 0.478 e. The Hall–Kier alpha value is -2.14. The molecule has 0 amide bonds. The van der Waals surface area contributed by atoms with Crippen LogP contribution in [0.15, 0.2) is 30.3 Å². The van der Waals surface area contributed by atoms with Crippen LogP contribution in [-0.4, -0.2) is 35.3 Å². The van der Waals surface area contributed by atoms with Crippen LogP contribution in [0, 0.1) is 0 Å². The van der Waals surface area contributed by atoms with Gasteiger partial charge in [-0.1, -0.05) is 18.2 Å². The number of hydrogen-bond donors (Lipinski definition) is 2. The highest BCUT2D eigenvalue weighted by Gasteiger charge is 2.12. The summed E-state index contributed by atoms with van der Waals surface area (Å²) in [6, 6.07) is 9.08. The normalized spacial score (nSPS) is 10.9. The van der Waals surface area contributed by atoms with Crippen molar-refractivity contribution in [3.05, 3.63) is 35.9 Å². The van der Waals surface area contributed by atoms with E-state index in [-0.39, 0.29) is 11.7 Å². The highest BCUT2D eigenvalue weighted by molar-refractivity contribution is 5.98. The summed E-state index contributed by atoms with van der Waals surface area (Å²) in [6.07, 6.45) is 0.153. The first kappa shape index (κ1) is 14.3. The molecule has 1 heterocycles. The maximum Gasteiger partial charge on any atom is 0.339 e. The average molecular weight is 274 g/mol. The molecule has 5 heteroatoms. The predicted molar refractivity (Wildman–Crippen MR) is 78.3 cm³/mol. The summed E-state index contributed by atoms with van der Waals surface area (Å²) in [7, 11) is 0. The number of nitrogens with zero attached hydrogens (tertiary/aromatic N) is 1. The molecule has 0 bridgehead atoms. The Balaban J connectivity index is 2.21. The summed E-state index contributed by atoms with van der Waals surface area (Å²) in [5.41, 5.74) is 0.943. The van der Waals surface area contributed by atoms with Gasteiger partial charge in [-0.2, -0.15) is 0 Å². The van der Waals surface area contributed by atoms with Gasteiger partial charge >= 0.3 is 5.97 Å². The van der Waals surface area contributed by atoms with Crippen LogP contribution in [0.5, 0.6) is 0 Å². The molecule has 20 heavy (non-hydrogen) atoms. The Kier molecular flexibility index (Phi) is 4.53. The molecule has 2 rings (SSSR count). The number of carbonyl (C=O) groups is 1. The van der Waals surface area contributed by atoms with E-state index >= 15 is 0 Å². The molecule has 0 saturated heterocycles. The van der Waals surface area contributed by atoms with E-state index in [0.717, 1.165) is 10.9 Å². The van der Waals surface area contributed by atoms with Crippen molar-refractivity contribution in [1.82, 2.24) is 4.98 Å². The molecule has 0 aliphatic rings. The lowest BCUT2D eigenvalue weighted by Crippen LogP contribution is -2.16. The molecular weight excluding hydrogens is 256 g/mol. The van der Waals surface area contributed by atoms with Crippen LogP contribution in [0.2, 0.25) is 0 Å². The molecule has 0 unspecified atom stereocenters. The number of fused-ring (bicyclic) bond motifs is 1. The van der Waals surface area contributed by atoms with Crippen molar-refractivity contribution in [1.29, 1.82) is 0 Å². The molecule has 0 fully saturated rings. The van der Waals surface area contributed by atoms with Gasteiger partial charge in [0.05, 0.1) is 18.2 Å². The number of benzene rings is 1. The Morgan fingerprint density at radius 3 is 2.85 bits per heavy atom. The van der Waals surface area contributed by atoms with E-state index in [1.54, 1.807) is 6.07 Å². The number of para-hydroxylation sites is 1. The van der Waals surface area contributed by atoms with E-state index in [2.05, 4.69) is 10.3 Å². The monoisotopic (exact) mass is 274 g/mol. The van der Waals surface area contributed by atoms with Crippen molar-refractivity contribution in [2.45, 2.75) is 20.0 Å². The van der Waals surface area contributed by atoms with E-state index in [0.29, 0.717) is 19.0 Å². The number of ether oxygens (including phenoxy) is 1. The fourth-order valence-corrected chi connectivity index (χ4v) is 1.88. The number of anilines is 1. The number of hydrogen-bond acceptors (Lipinski definition) is 4. The number of nitrogens with one attached hydrogen (secondary N) is 1. The number of aromatic nitrogens is 1. The molecule has 0 spiro atoms. The van der Waals surface area contributed by atoms with Crippen molar-refractivity contribution < 1.29 is 14.6 Å². The summed E-state index contributed by atoms with van der Waals surface area (Å²) in [5, 5.41) is 13.1. The Morgan fingerprint density at radius 2 is 2.15 bits per heavy atom. The van der Waals surface area contributed by atoms with Gasteiger partial charge in [0.2, 0.25) is 0 Å². The van der Waals surface area contributed by atoms with E-state index in [4.69, 9.17) is 4.74 Å². The summed E-state index contributed by atoms with van der Waals surface area (Å²) in [6.45, 7) is 4.93. The molecule has 1 aromatic carbocycles. The van der Waals surface area contributed by atoms with Crippen molar-refractivity contribution in [2.24, 2.45) is 0 Å². The number of carboxylic acid groups (broad SMARTS) is 1. The molecule has 5 nitrogen and oxygen atoms in total. The third-order valence-corrected chi connectivity index (χ3v) is 2.80. The molecule has 106 valence electrons. The van der Waals surface area contributed by atoms with Gasteiger partial charge in [-0.3, -0.25) is 0 Å². The Labute approximate surface area is 117 Å². The van der Waals surface area contributed by atoms with E-state index < -0.39 is 5.97 Å². The first-order valence-electron chi connectivity index (χ1n) is 6.56. The Morgan fingerprint density at radius 1 is 1.40 bits per heavy atom. The third kappa shape index (κ3) is 3.45. The van der Waals surface area contributed by atoms with E-state index in [1.807, 2.05) is 38.1 Å². The Bertz CT molecular complexity index is 611. The zero-order valence-electron chi connectivity index (χ0n) is 11.6. The summed E-state index contributed by atoms with van der Waals surface area (Å²) in [5.74, 6) is -0.612. The maximum atomic E-state index is 11.3. The molecular formula is C15H18N2O3. The fourth-order valence-electron chi connectivity index (χ4n) is 1.88. The second-order valence-corrected chi connectivity index (χ2v) is 4.73. The number of carboxylic acids is 1. The zero-order chi connectivity index (χ0) is 14.5. The van der Waals surface area contributed by atoms with Crippen LogP contribution in [0.4, 0.5) is 5.82 Å². The second-order valence-electron chi connectivity index (χ2n) is 4.73. The molecule has 0 atom stereocenters. The summed E-state index contributed by atoms with van der Waals surface area (Å²) < 4.78 is 5.41. The smallest absolute Gasteiger partial charge is 0.339 e. The van der Waals surface area contributed by atoms with Crippen molar-refractivity contribution in [3.63, 3.8) is 0 Å². The highest BCUT2D eigenvalue weighted by atomic mass is 16.5. The first-order chi connectivity index (χ1) is 9.58. The third-order valence-electron chi connectivity index (χ3n) is 2.80. The van der Waals surface area contributed by atoms with Gasteiger partial charge < -0.3 is 15.2 Å². The lowest BCUT2D eigenvalue weighted by molar-refractivity contribution is 0.0697.